The Bertz CT molecular complexity index is 562. The van der Waals surface area contributed by atoms with E-state index >= 15 is 0 Å². The van der Waals surface area contributed by atoms with Crippen molar-refractivity contribution in [1.29, 1.82) is 0 Å². The summed E-state index contributed by atoms with van der Waals surface area (Å²) in [6, 6.07) is 18.4. The molecule has 3 rings (SSSR count). The topological polar surface area (TPSA) is 21.8 Å². The van der Waals surface area contributed by atoms with Crippen molar-refractivity contribution >= 4 is 0 Å². The lowest BCUT2D eigenvalue weighted by molar-refractivity contribution is 0.357. The highest BCUT2D eigenvalue weighted by molar-refractivity contribution is 5.34. The molecule has 0 bridgehead atoms. The van der Waals surface area contributed by atoms with E-state index in [1.807, 2.05) is 30.3 Å². The van der Waals surface area contributed by atoms with Crippen molar-refractivity contribution in [3.05, 3.63) is 60.2 Å². The maximum atomic E-state index is 5.83. The molecule has 2 aromatic rings. The average Bonchev–Trinajstić information content (AvgIpc) is 3.22. The first-order chi connectivity index (χ1) is 10.3. The molecule has 21 heavy (non-hydrogen) atoms. The summed E-state index contributed by atoms with van der Waals surface area (Å²) in [5, 5.41) is 0. The highest BCUT2D eigenvalue weighted by atomic mass is 16.6. The van der Waals surface area contributed by atoms with Gasteiger partial charge in [0.05, 0.1) is 12.2 Å². The molecule has 0 radical (unpaired) electrons. The van der Waals surface area contributed by atoms with Gasteiger partial charge in [-0.25, -0.2) is 0 Å². The third kappa shape index (κ3) is 3.64. The van der Waals surface area contributed by atoms with Crippen LogP contribution in [-0.4, -0.2) is 12.2 Å². The second-order valence-corrected chi connectivity index (χ2v) is 5.70. The van der Waals surface area contributed by atoms with Crippen molar-refractivity contribution in [3.63, 3.8) is 0 Å². The first-order valence-corrected chi connectivity index (χ1v) is 7.74. The lowest BCUT2D eigenvalue weighted by Gasteiger charge is -2.15. The minimum Gasteiger partial charge on any atom is -0.457 e. The Hall–Kier alpha value is -1.80. The molecule has 1 heterocycles. The monoisotopic (exact) mass is 282 g/mol. The van der Waals surface area contributed by atoms with Gasteiger partial charge in [-0.3, -0.25) is 0 Å². The van der Waals surface area contributed by atoms with Crippen molar-refractivity contribution < 1.29 is 9.47 Å². The SMILES string of the molecule is CCC(CC1OC1C)c1ccc(Oc2ccccc2)cc1. The van der Waals surface area contributed by atoms with Gasteiger partial charge in [0.25, 0.3) is 0 Å². The van der Waals surface area contributed by atoms with Crippen LogP contribution in [0.1, 0.15) is 38.2 Å². The molecule has 3 atom stereocenters. The number of benzene rings is 2. The highest BCUT2D eigenvalue weighted by Crippen LogP contribution is 2.35. The van der Waals surface area contributed by atoms with Crippen LogP contribution in [0, 0.1) is 0 Å². The van der Waals surface area contributed by atoms with Gasteiger partial charge in [0.2, 0.25) is 0 Å². The third-order valence-electron chi connectivity index (χ3n) is 4.18. The minimum atomic E-state index is 0.444. The van der Waals surface area contributed by atoms with Crippen LogP contribution in [-0.2, 0) is 4.74 Å². The highest BCUT2D eigenvalue weighted by Gasteiger charge is 2.35. The van der Waals surface area contributed by atoms with E-state index in [1.165, 1.54) is 5.56 Å². The first-order valence-electron chi connectivity index (χ1n) is 7.74. The number of para-hydroxylation sites is 1. The fourth-order valence-corrected chi connectivity index (χ4v) is 2.73. The van der Waals surface area contributed by atoms with E-state index in [-0.39, 0.29) is 0 Å². The molecule has 110 valence electrons. The molecule has 1 aliphatic heterocycles. The summed E-state index contributed by atoms with van der Waals surface area (Å²) in [5.74, 6) is 2.33. The molecule has 1 fully saturated rings. The quantitative estimate of drug-likeness (QED) is 0.683. The van der Waals surface area contributed by atoms with Crippen LogP contribution < -0.4 is 4.74 Å². The summed E-state index contributed by atoms with van der Waals surface area (Å²) in [6.45, 7) is 4.39. The predicted octanol–water partition coefficient (Wildman–Crippen LogP) is 5.15. The lowest BCUT2D eigenvalue weighted by Crippen LogP contribution is -2.03. The molecular formula is C19H22O2. The number of hydrogen-bond donors (Lipinski definition) is 0. The second-order valence-electron chi connectivity index (χ2n) is 5.70. The third-order valence-corrected chi connectivity index (χ3v) is 4.18. The zero-order valence-electron chi connectivity index (χ0n) is 12.7. The lowest BCUT2D eigenvalue weighted by atomic mass is 9.91. The van der Waals surface area contributed by atoms with Crippen molar-refractivity contribution in [2.24, 2.45) is 0 Å². The molecule has 1 aliphatic rings. The van der Waals surface area contributed by atoms with Gasteiger partial charge in [-0.15, -0.1) is 0 Å². The Balaban J connectivity index is 1.65. The van der Waals surface area contributed by atoms with E-state index < -0.39 is 0 Å². The zero-order chi connectivity index (χ0) is 14.7. The average molecular weight is 282 g/mol. The minimum absolute atomic E-state index is 0.444. The standard InChI is InChI=1S/C19H22O2/c1-3-15(13-19-14(2)20-19)16-9-11-18(12-10-16)21-17-7-5-4-6-8-17/h4-12,14-15,19H,3,13H2,1-2H3. The first kappa shape index (κ1) is 14.2. The number of epoxide rings is 1. The van der Waals surface area contributed by atoms with Crippen molar-refractivity contribution in [2.45, 2.75) is 44.8 Å². The molecule has 2 heteroatoms. The zero-order valence-corrected chi connectivity index (χ0v) is 12.7. The van der Waals surface area contributed by atoms with Gasteiger partial charge < -0.3 is 9.47 Å². The van der Waals surface area contributed by atoms with Gasteiger partial charge in [-0.05, 0) is 55.5 Å². The molecule has 0 saturated carbocycles. The molecule has 0 spiro atoms. The maximum absolute atomic E-state index is 5.83. The van der Waals surface area contributed by atoms with Crippen molar-refractivity contribution in [2.75, 3.05) is 0 Å². The van der Waals surface area contributed by atoms with Gasteiger partial charge >= 0.3 is 0 Å². The summed E-state index contributed by atoms with van der Waals surface area (Å²) in [7, 11) is 0. The van der Waals surface area contributed by atoms with Gasteiger partial charge in [-0.2, -0.15) is 0 Å². The largest absolute Gasteiger partial charge is 0.457 e. The Morgan fingerprint density at radius 1 is 1.00 bits per heavy atom. The van der Waals surface area contributed by atoms with Gasteiger partial charge in [-0.1, -0.05) is 37.3 Å². The summed E-state index contributed by atoms with van der Waals surface area (Å²) < 4.78 is 11.4. The van der Waals surface area contributed by atoms with E-state index in [2.05, 4.69) is 38.1 Å². The normalized spacial score (nSPS) is 21.8. The Kier molecular flexibility index (Phi) is 4.26. The molecule has 3 unspecified atom stereocenters. The fourth-order valence-electron chi connectivity index (χ4n) is 2.73. The van der Waals surface area contributed by atoms with E-state index in [4.69, 9.17) is 9.47 Å². The molecule has 1 saturated heterocycles. The van der Waals surface area contributed by atoms with E-state index in [0.29, 0.717) is 18.1 Å². The maximum Gasteiger partial charge on any atom is 0.127 e. The van der Waals surface area contributed by atoms with Crippen molar-refractivity contribution in [3.8, 4) is 11.5 Å². The Morgan fingerprint density at radius 3 is 2.19 bits per heavy atom. The molecule has 0 amide bonds. The molecule has 2 nitrogen and oxygen atoms in total. The molecule has 0 aromatic heterocycles. The van der Waals surface area contributed by atoms with Crippen LogP contribution in [0.5, 0.6) is 11.5 Å². The smallest absolute Gasteiger partial charge is 0.127 e. The van der Waals surface area contributed by atoms with Gasteiger partial charge in [0.1, 0.15) is 11.5 Å². The Morgan fingerprint density at radius 2 is 1.62 bits per heavy atom. The number of hydrogen-bond acceptors (Lipinski definition) is 2. The second kappa shape index (κ2) is 6.31. The van der Waals surface area contributed by atoms with Crippen molar-refractivity contribution in [1.82, 2.24) is 0 Å². The molecule has 2 aromatic carbocycles. The number of ether oxygens (including phenoxy) is 2. The predicted molar refractivity (Wildman–Crippen MR) is 84.9 cm³/mol. The fraction of sp³-hybridized carbons (Fsp3) is 0.368. The van der Waals surface area contributed by atoms with E-state index in [9.17, 15) is 0 Å². The van der Waals surface area contributed by atoms with E-state index in [0.717, 1.165) is 24.3 Å². The molecule has 0 aliphatic carbocycles. The number of rotatable bonds is 6. The van der Waals surface area contributed by atoms with Crippen LogP contribution in [0.3, 0.4) is 0 Å². The van der Waals surface area contributed by atoms with Crippen LogP contribution in [0.15, 0.2) is 54.6 Å². The molecular weight excluding hydrogens is 260 g/mol. The summed E-state index contributed by atoms with van der Waals surface area (Å²) in [4.78, 5) is 0. The molecule has 0 N–H and O–H groups in total. The van der Waals surface area contributed by atoms with Crippen LogP contribution in [0.4, 0.5) is 0 Å². The van der Waals surface area contributed by atoms with E-state index in [1.54, 1.807) is 0 Å². The Labute approximate surface area is 126 Å². The summed E-state index contributed by atoms with van der Waals surface area (Å²) in [6.07, 6.45) is 3.16. The summed E-state index contributed by atoms with van der Waals surface area (Å²) >= 11 is 0. The summed E-state index contributed by atoms with van der Waals surface area (Å²) in [5.41, 5.74) is 1.38. The van der Waals surface area contributed by atoms with Crippen LogP contribution >= 0.6 is 0 Å². The van der Waals surface area contributed by atoms with Gasteiger partial charge in [0, 0.05) is 0 Å². The van der Waals surface area contributed by atoms with Gasteiger partial charge in [0.15, 0.2) is 0 Å². The van der Waals surface area contributed by atoms with Crippen LogP contribution in [0.25, 0.3) is 0 Å². The van der Waals surface area contributed by atoms with Crippen LogP contribution in [0.2, 0.25) is 0 Å².